The van der Waals surface area contributed by atoms with Gasteiger partial charge >= 0.3 is 0 Å². The number of hydrogen-bond acceptors (Lipinski definition) is 3. The number of nitrogens with zero attached hydrogens (tertiary/aromatic N) is 4. The van der Waals surface area contributed by atoms with E-state index >= 15 is 0 Å². The van der Waals surface area contributed by atoms with Crippen LogP contribution in [-0.2, 0) is 17.8 Å². The van der Waals surface area contributed by atoms with Crippen LogP contribution in [0.2, 0.25) is 0 Å². The second-order valence-corrected chi connectivity index (χ2v) is 7.75. The molecule has 3 heterocycles. The van der Waals surface area contributed by atoms with Gasteiger partial charge in [0.15, 0.2) is 0 Å². The van der Waals surface area contributed by atoms with Gasteiger partial charge in [0.1, 0.15) is 18.2 Å². The zero-order valence-electron chi connectivity index (χ0n) is 16.6. The predicted molar refractivity (Wildman–Crippen MR) is 114 cm³/mol. The Kier molecular flexibility index (Phi) is 4.54. The van der Waals surface area contributed by atoms with Crippen LogP contribution in [0.15, 0.2) is 48.5 Å². The van der Waals surface area contributed by atoms with Gasteiger partial charge in [0, 0.05) is 25.4 Å². The molecule has 4 aromatic rings. The van der Waals surface area contributed by atoms with Gasteiger partial charge in [-0.1, -0.05) is 31.2 Å². The first-order valence-corrected chi connectivity index (χ1v) is 10.4. The van der Waals surface area contributed by atoms with Crippen molar-refractivity contribution in [1.82, 2.24) is 24.4 Å². The normalized spacial score (nSPS) is 15.4. The second kappa shape index (κ2) is 7.35. The highest BCUT2D eigenvalue weighted by atomic mass is 16.2. The smallest absolute Gasteiger partial charge is 0.242 e. The number of hydrogen-bond donors (Lipinski definition) is 1. The number of nitrogens with one attached hydrogen (secondary N) is 1. The van der Waals surface area contributed by atoms with Crippen LogP contribution in [0.1, 0.15) is 37.3 Å². The van der Waals surface area contributed by atoms with Gasteiger partial charge in [0.05, 0.1) is 22.1 Å². The minimum atomic E-state index is 0.172. The van der Waals surface area contributed by atoms with Crippen LogP contribution < -0.4 is 0 Å². The maximum Gasteiger partial charge on any atom is 0.242 e. The van der Waals surface area contributed by atoms with Gasteiger partial charge in [0.25, 0.3) is 0 Å². The van der Waals surface area contributed by atoms with Crippen molar-refractivity contribution in [3.05, 3.63) is 60.2 Å². The molecule has 0 saturated carbocycles. The second-order valence-electron chi connectivity index (χ2n) is 7.75. The van der Waals surface area contributed by atoms with Gasteiger partial charge in [-0.15, -0.1) is 0 Å². The minimum Gasteiger partial charge on any atom is -0.342 e. The number of carbonyl (C=O) groups excluding carboxylic acids is 1. The Labute approximate surface area is 169 Å². The zero-order chi connectivity index (χ0) is 19.8. The van der Waals surface area contributed by atoms with Gasteiger partial charge in [-0.25, -0.2) is 9.97 Å². The van der Waals surface area contributed by atoms with Crippen molar-refractivity contribution in [2.45, 2.75) is 38.6 Å². The molecule has 0 aliphatic carbocycles. The number of aromatic amines is 1. The Morgan fingerprint density at radius 3 is 2.52 bits per heavy atom. The molecule has 1 amide bonds. The standard InChI is InChI=1S/C23H25N5O/c1-2-21-24-19-9-5-6-10-20(19)28(21)15-22(29)27-13-11-16(12-14-27)23-25-17-7-3-4-8-18(17)26-23/h3-10,16H,2,11-15H2,1H3,(H,25,26). The molecule has 6 heteroatoms. The summed E-state index contributed by atoms with van der Waals surface area (Å²) in [6.07, 6.45) is 2.70. The number of aryl methyl sites for hydroxylation is 1. The fourth-order valence-corrected chi connectivity index (χ4v) is 4.38. The average molecular weight is 387 g/mol. The average Bonchev–Trinajstić information content (AvgIpc) is 3.35. The molecule has 1 fully saturated rings. The maximum atomic E-state index is 13.0. The van der Waals surface area contributed by atoms with Gasteiger partial charge in [-0.05, 0) is 37.1 Å². The summed E-state index contributed by atoms with van der Waals surface area (Å²) in [4.78, 5) is 27.9. The number of imidazole rings is 2. The SMILES string of the molecule is CCc1nc2ccccc2n1CC(=O)N1CCC(c2nc3ccccc3[nH]2)CC1. The third-order valence-electron chi connectivity index (χ3n) is 5.99. The van der Waals surface area contributed by atoms with E-state index in [9.17, 15) is 4.79 Å². The molecule has 0 bridgehead atoms. The van der Waals surface area contributed by atoms with E-state index in [1.807, 2.05) is 47.4 Å². The predicted octanol–water partition coefficient (Wildman–Crippen LogP) is 3.88. The lowest BCUT2D eigenvalue weighted by Gasteiger charge is -2.31. The molecule has 0 unspecified atom stereocenters. The molecule has 2 aromatic heterocycles. The summed E-state index contributed by atoms with van der Waals surface area (Å²) in [6.45, 7) is 3.99. The van der Waals surface area contributed by atoms with Crippen LogP contribution in [0.5, 0.6) is 0 Å². The summed E-state index contributed by atoms with van der Waals surface area (Å²) < 4.78 is 2.07. The molecule has 5 rings (SSSR count). The fraction of sp³-hybridized carbons (Fsp3) is 0.348. The number of aromatic nitrogens is 4. The zero-order valence-corrected chi connectivity index (χ0v) is 16.6. The summed E-state index contributed by atoms with van der Waals surface area (Å²) in [6, 6.07) is 16.2. The number of carbonyl (C=O) groups is 1. The highest BCUT2D eigenvalue weighted by Gasteiger charge is 2.26. The Morgan fingerprint density at radius 2 is 1.76 bits per heavy atom. The van der Waals surface area contributed by atoms with E-state index < -0.39 is 0 Å². The van der Waals surface area contributed by atoms with E-state index in [1.165, 1.54) is 0 Å². The van der Waals surface area contributed by atoms with Crippen molar-refractivity contribution in [1.29, 1.82) is 0 Å². The molecule has 148 valence electrons. The van der Waals surface area contributed by atoms with E-state index in [-0.39, 0.29) is 5.91 Å². The first-order chi connectivity index (χ1) is 14.2. The number of rotatable bonds is 4. The molecule has 1 aliphatic rings. The first kappa shape index (κ1) is 17.9. The fourth-order valence-electron chi connectivity index (χ4n) is 4.38. The quantitative estimate of drug-likeness (QED) is 0.578. The number of amides is 1. The van der Waals surface area contributed by atoms with Crippen LogP contribution in [0, 0.1) is 0 Å². The summed E-state index contributed by atoms with van der Waals surface area (Å²) >= 11 is 0. The third-order valence-corrected chi connectivity index (χ3v) is 5.99. The van der Waals surface area contributed by atoms with E-state index in [4.69, 9.17) is 4.98 Å². The molecular formula is C23H25N5O. The molecule has 0 radical (unpaired) electrons. The molecule has 1 N–H and O–H groups in total. The van der Waals surface area contributed by atoms with Crippen molar-refractivity contribution < 1.29 is 4.79 Å². The number of piperidine rings is 1. The van der Waals surface area contributed by atoms with Gasteiger partial charge in [0.2, 0.25) is 5.91 Å². The molecule has 29 heavy (non-hydrogen) atoms. The maximum absolute atomic E-state index is 13.0. The first-order valence-electron chi connectivity index (χ1n) is 10.4. The monoisotopic (exact) mass is 387 g/mol. The number of H-pyrrole nitrogens is 1. The van der Waals surface area contributed by atoms with E-state index in [2.05, 4.69) is 27.5 Å². The molecule has 0 spiro atoms. The van der Waals surface area contributed by atoms with Gasteiger partial charge < -0.3 is 14.5 Å². The Morgan fingerprint density at radius 1 is 1.03 bits per heavy atom. The Bertz CT molecular complexity index is 1130. The highest BCUT2D eigenvalue weighted by Crippen LogP contribution is 2.28. The highest BCUT2D eigenvalue weighted by molar-refractivity contribution is 5.81. The van der Waals surface area contributed by atoms with Crippen LogP contribution in [0.3, 0.4) is 0 Å². The largest absolute Gasteiger partial charge is 0.342 e. The van der Waals surface area contributed by atoms with Crippen molar-refractivity contribution in [2.75, 3.05) is 13.1 Å². The minimum absolute atomic E-state index is 0.172. The summed E-state index contributed by atoms with van der Waals surface area (Å²) in [5, 5.41) is 0. The molecule has 1 saturated heterocycles. The molecule has 2 aromatic carbocycles. The number of fused-ring (bicyclic) bond motifs is 2. The van der Waals surface area contributed by atoms with Crippen molar-refractivity contribution in [3.63, 3.8) is 0 Å². The lowest BCUT2D eigenvalue weighted by atomic mass is 9.96. The summed E-state index contributed by atoms with van der Waals surface area (Å²) in [5.41, 5.74) is 4.09. The molecule has 1 aliphatic heterocycles. The Hall–Kier alpha value is -3.15. The lowest BCUT2D eigenvalue weighted by molar-refractivity contribution is -0.132. The van der Waals surface area contributed by atoms with Gasteiger partial charge in [-0.3, -0.25) is 4.79 Å². The molecular weight excluding hydrogens is 362 g/mol. The van der Waals surface area contributed by atoms with Crippen molar-refractivity contribution in [3.8, 4) is 0 Å². The third kappa shape index (κ3) is 3.28. The Balaban J connectivity index is 1.28. The molecule has 6 nitrogen and oxygen atoms in total. The lowest BCUT2D eigenvalue weighted by Crippen LogP contribution is -2.40. The van der Waals surface area contributed by atoms with Crippen LogP contribution >= 0.6 is 0 Å². The van der Waals surface area contributed by atoms with Gasteiger partial charge in [-0.2, -0.15) is 0 Å². The van der Waals surface area contributed by atoms with E-state index in [0.29, 0.717) is 12.5 Å². The van der Waals surface area contributed by atoms with Crippen molar-refractivity contribution >= 4 is 28.0 Å². The molecule has 0 atom stereocenters. The number of benzene rings is 2. The van der Waals surface area contributed by atoms with Crippen LogP contribution in [0.4, 0.5) is 0 Å². The van der Waals surface area contributed by atoms with E-state index in [0.717, 1.165) is 66.1 Å². The number of para-hydroxylation sites is 4. The van der Waals surface area contributed by atoms with Crippen LogP contribution in [-0.4, -0.2) is 43.4 Å². The van der Waals surface area contributed by atoms with Crippen molar-refractivity contribution in [2.24, 2.45) is 0 Å². The summed E-state index contributed by atoms with van der Waals surface area (Å²) in [5.74, 6) is 2.57. The van der Waals surface area contributed by atoms with Crippen LogP contribution in [0.25, 0.3) is 22.1 Å². The number of likely N-dealkylation sites (tertiary alicyclic amines) is 1. The van der Waals surface area contributed by atoms with E-state index in [1.54, 1.807) is 0 Å². The summed E-state index contributed by atoms with van der Waals surface area (Å²) in [7, 11) is 0. The topological polar surface area (TPSA) is 66.8 Å².